The number of amides is 1. The van der Waals surface area contributed by atoms with Crippen molar-refractivity contribution in [3.8, 4) is 0 Å². The summed E-state index contributed by atoms with van der Waals surface area (Å²) >= 11 is 0. The molecule has 1 aromatic carbocycles. The molecule has 1 saturated heterocycles. The molecular weight excluding hydrogens is 260 g/mol. The Morgan fingerprint density at radius 2 is 2.05 bits per heavy atom. The van der Waals surface area contributed by atoms with Crippen LogP contribution >= 0.6 is 0 Å². The predicted octanol–water partition coefficient (Wildman–Crippen LogP) is 2.99. The molecule has 2 heterocycles. The molecule has 2 aliphatic heterocycles. The van der Waals surface area contributed by atoms with Crippen molar-refractivity contribution in [1.29, 1.82) is 0 Å². The molecule has 114 valence electrons. The Kier molecular flexibility index (Phi) is 4.59. The van der Waals surface area contributed by atoms with Crippen molar-refractivity contribution >= 4 is 11.6 Å². The summed E-state index contributed by atoms with van der Waals surface area (Å²) in [5.74, 6) is 1.60. The van der Waals surface area contributed by atoms with Crippen LogP contribution in [0.5, 0.6) is 0 Å². The Hall–Kier alpha value is -1.35. The van der Waals surface area contributed by atoms with Gasteiger partial charge in [0.15, 0.2) is 0 Å². The zero-order valence-electron chi connectivity index (χ0n) is 13.0. The Morgan fingerprint density at radius 1 is 1.29 bits per heavy atom. The van der Waals surface area contributed by atoms with E-state index in [1.54, 1.807) is 0 Å². The third-order valence-corrected chi connectivity index (χ3v) is 4.87. The van der Waals surface area contributed by atoms with Crippen LogP contribution in [0.2, 0.25) is 0 Å². The molecule has 0 saturated carbocycles. The molecule has 0 spiro atoms. The maximum Gasteiger partial charge on any atom is 0.227 e. The first kappa shape index (κ1) is 14.6. The van der Waals surface area contributed by atoms with Crippen LogP contribution in [-0.4, -0.2) is 25.5 Å². The third kappa shape index (κ3) is 3.46. The molecule has 3 heteroatoms. The summed E-state index contributed by atoms with van der Waals surface area (Å²) in [7, 11) is 0. The van der Waals surface area contributed by atoms with E-state index in [1.165, 1.54) is 18.4 Å². The fraction of sp³-hybridized carbons (Fsp3) is 0.611. The molecule has 2 aliphatic rings. The van der Waals surface area contributed by atoms with Gasteiger partial charge in [-0.1, -0.05) is 25.1 Å². The number of hydrogen-bond donors (Lipinski definition) is 1. The van der Waals surface area contributed by atoms with E-state index in [4.69, 9.17) is 0 Å². The minimum absolute atomic E-state index is 0.313. The molecule has 0 bridgehead atoms. The summed E-state index contributed by atoms with van der Waals surface area (Å²) in [6.07, 6.45) is 5.29. The summed E-state index contributed by atoms with van der Waals surface area (Å²) in [5.41, 5.74) is 2.47. The first-order chi connectivity index (χ1) is 10.2. The lowest BCUT2D eigenvalue weighted by atomic mass is 9.91. The van der Waals surface area contributed by atoms with E-state index in [-0.39, 0.29) is 0 Å². The van der Waals surface area contributed by atoms with Crippen LogP contribution < -0.4 is 10.2 Å². The lowest BCUT2D eigenvalue weighted by Gasteiger charge is -2.33. The SMILES string of the molecule is CC1Cc2ccccc2N(C(=O)CCC2CCNCC2)C1. The molecular formula is C18H26N2O. The van der Waals surface area contributed by atoms with Crippen molar-refractivity contribution in [2.24, 2.45) is 11.8 Å². The molecule has 0 aromatic heterocycles. The van der Waals surface area contributed by atoms with E-state index in [0.717, 1.165) is 44.1 Å². The molecule has 0 radical (unpaired) electrons. The number of fused-ring (bicyclic) bond motifs is 1. The van der Waals surface area contributed by atoms with Crippen LogP contribution in [-0.2, 0) is 11.2 Å². The number of anilines is 1. The number of benzene rings is 1. The normalized spacial score (nSPS) is 22.9. The first-order valence-electron chi connectivity index (χ1n) is 8.33. The van der Waals surface area contributed by atoms with Crippen LogP contribution in [0.15, 0.2) is 24.3 Å². The van der Waals surface area contributed by atoms with Gasteiger partial charge in [-0.25, -0.2) is 0 Å². The van der Waals surface area contributed by atoms with E-state index in [1.807, 2.05) is 11.0 Å². The largest absolute Gasteiger partial charge is 0.317 e. The van der Waals surface area contributed by atoms with Gasteiger partial charge in [0.1, 0.15) is 0 Å². The van der Waals surface area contributed by atoms with Gasteiger partial charge in [-0.3, -0.25) is 4.79 Å². The zero-order chi connectivity index (χ0) is 14.7. The van der Waals surface area contributed by atoms with Crippen LogP contribution in [0.25, 0.3) is 0 Å². The number of nitrogens with zero attached hydrogens (tertiary/aromatic N) is 1. The smallest absolute Gasteiger partial charge is 0.227 e. The van der Waals surface area contributed by atoms with Gasteiger partial charge in [0.25, 0.3) is 0 Å². The number of piperidine rings is 1. The van der Waals surface area contributed by atoms with Crippen molar-refractivity contribution in [3.05, 3.63) is 29.8 Å². The molecule has 3 rings (SSSR count). The Balaban J connectivity index is 1.64. The highest BCUT2D eigenvalue weighted by Gasteiger charge is 2.26. The zero-order valence-corrected chi connectivity index (χ0v) is 13.0. The highest BCUT2D eigenvalue weighted by atomic mass is 16.2. The van der Waals surface area contributed by atoms with Gasteiger partial charge >= 0.3 is 0 Å². The standard InChI is InChI=1S/C18H26N2O/c1-14-12-16-4-2-3-5-17(16)20(13-14)18(21)7-6-15-8-10-19-11-9-15/h2-5,14-15,19H,6-13H2,1H3. The summed E-state index contributed by atoms with van der Waals surface area (Å²) in [6, 6.07) is 8.39. The maximum absolute atomic E-state index is 12.7. The Morgan fingerprint density at radius 3 is 2.86 bits per heavy atom. The van der Waals surface area contributed by atoms with Gasteiger partial charge in [0.2, 0.25) is 5.91 Å². The van der Waals surface area contributed by atoms with E-state index >= 15 is 0 Å². The van der Waals surface area contributed by atoms with E-state index in [0.29, 0.717) is 18.2 Å². The summed E-state index contributed by atoms with van der Waals surface area (Å²) in [6.45, 7) is 5.34. The fourth-order valence-electron chi connectivity index (χ4n) is 3.67. The lowest BCUT2D eigenvalue weighted by molar-refractivity contribution is -0.119. The van der Waals surface area contributed by atoms with E-state index < -0.39 is 0 Å². The fourth-order valence-corrected chi connectivity index (χ4v) is 3.67. The second-order valence-corrected chi connectivity index (χ2v) is 6.67. The molecule has 1 N–H and O–H groups in total. The van der Waals surface area contributed by atoms with Crippen LogP contribution in [0.4, 0.5) is 5.69 Å². The quantitative estimate of drug-likeness (QED) is 0.926. The summed E-state index contributed by atoms with van der Waals surface area (Å²) in [4.78, 5) is 14.7. The molecule has 1 amide bonds. The average Bonchev–Trinajstić information content (AvgIpc) is 2.52. The number of para-hydroxylation sites is 1. The van der Waals surface area contributed by atoms with Crippen molar-refractivity contribution in [1.82, 2.24) is 5.32 Å². The van der Waals surface area contributed by atoms with Crippen LogP contribution in [0.3, 0.4) is 0 Å². The Bertz CT molecular complexity index is 494. The monoisotopic (exact) mass is 286 g/mol. The minimum atomic E-state index is 0.313. The second-order valence-electron chi connectivity index (χ2n) is 6.67. The summed E-state index contributed by atoms with van der Waals surface area (Å²) < 4.78 is 0. The molecule has 21 heavy (non-hydrogen) atoms. The molecule has 1 atom stereocenters. The molecule has 0 aliphatic carbocycles. The predicted molar refractivity (Wildman–Crippen MR) is 86.5 cm³/mol. The second kappa shape index (κ2) is 6.61. The number of carbonyl (C=O) groups is 1. The van der Waals surface area contributed by atoms with Gasteiger partial charge < -0.3 is 10.2 Å². The average molecular weight is 286 g/mol. The molecule has 1 fully saturated rings. The summed E-state index contributed by atoms with van der Waals surface area (Å²) in [5, 5.41) is 3.39. The van der Waals surface area contributed by atoms with Gasteiger partial charge in [-0.05, 0) is 62.2 Å². The van der Waals surface area contributed by atoms with Gasteiger partial charge in [-0.2, -0.15) is 0 Å². The molecule has 1 unspecified atom stereocenters. The molecule has 3 nitrogen and oxygen atoms in total. The van der Waals surface area contributed by atoms with Crippen molar-refractivity contribution in [3.63, 3.8) is 0 Å². The van der Waals surface area contributed by atoms with E-state index in [2.05, 4.69) is 30.4 Å². The van der Waals surface area contributed by atoms with E-state index in [9.17, 15) is 4.79 Å². The van der Waals surface area contributed by atoms with Crippen molar-refractivity contribution in [2.75, 3.05) is 24.5 Å². The highest BCUT2D eigenvalue weighted by Crippen LogP contribution is 2.30. The lowest BCUT2D eigenvalue weighted by Crippen LogP contribution is -2.39. The number of carbonyl (C=O) groups excluding carboxylic acids is 1. The third-order valence-electron chi connectivity index (χ3n) is 4.87. The van der Waals surface area contributed by atoms with Gasteiger partial charge in [-0.15, -0.1) is 0 Å². The number of nitrogens with one attached hydrogen (secondary N) is 1. The van der Waals surface area contributed by atoms with Gasteiger partial charge in [0.05, 0.1) is 0 Å². The van der Waals surface area contributed by atoms with Crippen molar-refractivity contribution < 1.29 is 4.79 Å². The molecule has 1 aromatic rings. The number of hydrogen-bond acceptors (Lipinski definition) is 2. The Labute approximate surface area is 127 Å². The topological polar surface area (TPSA) is 32.3 Å². The van der Waals surface area contributed by atoms with Gasteiger partial charge in [0, 0.05) is 18.7 Å². The van der Waals surface area contributed by atoms with Crippen LogP contribution in [0.1, 0.15) is 38.2 Å². The highest BCUT2D eigenvalue weighted by molar-refractivity contribution is 5.94. The number of rotatable bonds is 3. The van der Waals surface area contributed by atoms with Crippen LogP contribution in [0, 0.1) is 11.8 Å². The first-order valence-corrected chi connectivity index (χ1v) is 8.33. The van der Waals surface area contributed by atoms with Crippen molar-refractivity contribution in [2.45, 2.75) is 39.0 Å². The minimum Gasteiger partial charge on any atom is -0.317 e. The maximum atomic E-state index is 12.7.